The van der Waals surface area contributed by atoms with E-state index in [0.29, 0.717) is 10.0 Å². The maximum Gasteiger partial charge on any atom is 0.0612 e. The minimum atomic E-state index is 0.185. The molecule has 1 aliphatic heterocycles. The van der Waals surface area contributed by atoms with Crippen LogP contribution < -0.4 is 10.6 Å². The Morgan fingerprint density at radius 1 is 0.926 bits per heavy atom. The average molecular weight is 397 g/mol. The molecule has 0 aliphatic carbocycles. The number of anilines is 2. The van der Waals surface area contributed by atoms with Crippen LogP contribution in [0.15, 0.2) is 60.7 Å². The van der Waals surface area contributed by atoms with Gasteiger partial charge in [0.15, 0.2) is 0 Å². The second-order valence-corrected chi connectivity index (χ2v) is 8.03. The SMILES string of the molecule is Cc1cc(C)c2c(c1)N[C@H](c1ccccc1)C[C@H]2Nc1ccc(Cl)c(Cl)c1. The molecular weight excluding hydrogens is 375 g/mol. The summed E-state index contributed by atoms with van der Waals surface area (Å²) in [5.41, 5.74) is 7.35. The molecule has 138 valence electrons. The number of fused-ring (bicyclic) bond motifs is 1. The highest BCUT2D eigenvalue weighted by Crippen LogP contribution is 2.43. The van der Waals surface area contributed by atoms with Crippen LogP contribution in [0.1, 0.15) is 40.8 Å². The van der Waals surface area contributed by atoms with Gasteiger partial charge in [-0.05, 0) is 61.2 Å². The normalized spacial score (nSPS) is 18.5. The van der Waals surface area contributed by atoms with Crippen molar-refractivity contribution in [1.82, 2.24) is 0 Å². The van der Waals surface area contributed by atoms with Crippen molar-refractivity contribution >= 4 is 34.6 Å². The minimum Gasteiger partial charge on any atom is -0.378 e. The summed E-state index contributed by atoms with van der Waals surface area (Å²) in [4.78, 5) is 0. The molecule has 0 fully saturated rings. The Bertz CT molecular complexity index is 970. The second-order valence-electron chi connectivity index (χ2n) is 7.21. The van der Waals surface area contributed by atoms with Gasteiger partial charge in [0.1, 0.15) is 0 Å². The Hall–Kier alpha value is -2.16. The van der Waals surface area contributed by atoms with E-state index in [9.17, 15) is 0 Å². The van der Waals surface area contributed by atoms with Crippen molar-refractivity contribution in [2.45, 2.75) is 32.4 Å². The molecule has 0 radical (unpaired) electrons. The van der Waals surface area contributed by atoms with Crippen LogP contribution in [0.5, 0.6) is 0 Å². The first-order chi connectivity index (χ1) is 13.0. The van der Waals surface area contributed by atoms with Gasteiger partial charge < -0.3 is 10.6 Å². The van der Waals surface area contributed by atoms with E-state index in [2.05, 4.69) is 66.9 Å². The van der Waals surface area contributed by atoms with Gasteiger partial charge in [0.05, 0.1) is 22.1 Å². The van der Waals surface area contributed by atoms with Crippen molar-refractivity contribution in [3.63, 3.8) is 0 Å². The Kier molecular flexibility index (Phi) is 5.03. The highest BCUT2D eigenvalue weighted by atomic mass is 35.5. The molecular formula is C23H22Cl2N2. The Labute approximate surface area is 170 Å². The summed E-state index contributed by atoms with van der Waals surface area (Å²) in [6.45, 7) is 4.32. The van der Waals surface area contributed by atoms with E-state index in [1.165, 1.54) is 27.9 Å². The predicted octanol–water partition coefficient (Wildman–Crippen LogP) is 7.32. The zero-order valence-electron chi connectivity index (χ0n) is 15.4. The number of halogens is 2. The van der Waals surface area contributed by atoms with E-state index in [-0.39, 0.29) is 12.1 Å². The van der Waals surface area contributed by atoms with Crippen LogP contribution >= 0.6 is 23.2 Å². The van der Waals surface area contributed by atoms with Crippen molar-refractivity contribution < 1.29 is 0 Å². The van der Waals surface area contributed by atoms with Crippen LogP contribution in [0.3, 0.4) is 0 Å². The molecule has 2 N–H and O–H groups in total. The summed E-state index contributed by atoms with van der Waals surface area (Å²) in [6.07, 6.45) is 0.946. The van der Waals surface area contributed by atoms with Crippen LogP contribution in [0.25, 0.3) is 0 Å². The van der Waals surface area contributed by atoms with Gasteiger partial charge in [-0.15, -0.1) is 0 Å². The van der Waals surface area contributed by atoms with E-state index in [0.717, 1.165) is 12.1 Å². The first kappa shape index (κ1) is 18.2. The van der Waals surface area contributed by atoms with Crippen LogP contribution in [0.2, 0.25) is 10.0 Å². The van der Waals surface area contributed by atoms with Gasteiger partial charge in [0.25, 0.3) is 0 Å². The average Bonchev–Trinajstić information content (AvgIpc) is 2.64. The largest absolute Gasteiger partial charge is 0.378 e. The van der Waals surface area contributed by atoms with Crippen molar-refractivity contribution in [2.24, 2.45) is 0 Å². The molecule has 0 saturated carbocycles. The summed E-state index contributed by atoms with van der Waals surface area (Å²) in [5.74, 6) is 0. The van der Waals surface area contributed by atoms with Gasteiger partial charge in [-0.1, -0.05) is 59.6 Å². The van der Waals surface area contributed by atoms with Gasteiger partial charge in [-0.25, -0.2) is 0 Å². The molecule has 1 heterocycles. The molecule has 3 aromatic carbocycles. The molecule has 0 saturated heterocycles. The molecule has 4 heteroatoms. The Balaban J connectivity index is 1.73. The smallest absolute Gasteiger partial charge is 0.0612 e. The minimum absolute atomic E-state index is 0.185. The summed E-state index contributed by atoms with van der Waals surface area (Å²) < 4.78 is 0. The highest BCUT2D eigenvalue weighted by molar-refractivity contribution is 6.42. The summed E-state index contributed by atoms with van der Waals surface area (Å²) >= 11 is 12.3. The fraction of sp³-hybridized carbons (Fsp3) is 0.217. The summed E-state index contributed by atoms with van der Waals surface area (Å²) in [7, 11) is 0. The zero-order chi connectivity index (χ0) is 19.0. The van der Waals surface area contributed by atoms with E-state index in [1.54, 1.807) is 0 Å². The zero-order valence-corrected chi connectivity index (χ0v) is 16.9. The lowest BCUT2D eigenvalue weighted by atomic mass is 9.86. The number of hydrogen-bond donors (Lipinski definition) is 2. The van der Waals surface area contributed by atoms with Crippen LogP contribution in [-0.4, -0.2) is 0 Å². The molecule has 27 heavy (non-hydrogen) atoms. The molecule has 0 bridgehead atoms. The third-order valence-corrected chi connectivity index (χ3v) is 5.88. The fourth-order valence-corrected chi connectivity index (χ4v) is 4.28. The van der Waals surface area contributed by atoms with E-state index < -0.39 is 0 Å². The topological polar surface area (TPSA) is 24.1 Å². The predicted molar refractivity (Wildman–Crippen MR) is 116 cm³/mol. The maximum absolute atomic E-state index is 6.22. The van der Waals surface area contributed by atoms with Crippen molar-refractivity contribution in [3.05, 3.63) is 93.0 Å². The van der Waals surface area contributed by atoms with Gasteiger partial charge in [-0.3, -0.25) is 0 Å². The molecule has 0 unspecified atom stereocenters. The third-order valence-electron chi connectivity index (χ3n) is 5.14. The molecule has 2 atom stereocenters. The fourth-order valence-electron chi connectivity index (χ4n) is 3.98. The monoisotopic (exact) mass is 396 g/mol. The Morgan fingerprint density at radius 3 is 2.44 bits per heavy atom. The lowest BCUT2D eigenvalue weighted by molar-refractivity contribution is 0.586. The standard InChI is InChI=1S/C23H22Cl2N2/c1-14-10-15(2)23-21(11-14)27-20(16-6-4-3-5-7-16)13-22(23)26-17-8-9-18(24)19(25)12-17/h3-12,20,22,26-27H,13H2,1-2H3/t20-,22+/m0/s1. The van der Waals surface area contributed by atoms with E-state index in [4.69, 9.17) is 23.2 Å². The van der Waals surface area contributed by atoms with Crippen LogP contribution in [0, 0.1) is 13.8 Å². The van der Waals surface area contributed by atoms with Crippen molar-refractivity contribution in [2.75, 3.05) is 10.6 Å². The molecule has 1 aliphatic rings. The number of rotatable bonds is 3. The quantitative estimate of drug-likeness (QED) is 0.484. The molecule has 0 spiro atoms. The van der Waals surface area contributed by atoms with Crippen LogP contribution in [-0.2, 0) is 0 Å². The molecule has 2 nitrogen and oxygen atoms in total. The number of nitrogens with one attached hydrogen (secondary N) is 2. The lowest BCUT2D eigenvalue weighted by Gasteiger charge is -2.36. The number of benzene rings is 3. The van der Waals surface area contributed by atoms with Gasteiger partial charge in [0.2, 0.25) is 0 Å². The van der Waals surface area contributed by atoms with E-state index >= 15 is 0 Å². The van der Waals surface area contributed by atoms with Crippen molar-refractivity contribution in [3.8, 4) is 0 Å². The number of hydrogen-bond acceptors (Lipinski definition) is 2. The first-order valence-corrected chi connectivity index (χ1v) is 9.91. The molecule has 0 aromatic heterocycles. The van der Waals surface area contributed by atoms with Gasteiger partial charge in [-0.2, -0.15) is 0 Å². The molecule has 0 amide bonds. The van der Waals surface area contributed by atoms with Gasteiger partial charge >= 0.3 is 0 Å². The summed E-state index contributed by atoms with van der Waals surface area (Å²) in [6, 6.07) is 21.2. The van der Waals surface area contributed by atoms with Crippen LogP contribution in [0.4, 0.5) is 11.4 Å². The highest BCUT2D eigenvalue weighted by Gasteiger charge is 2.29. The Morgan fingerprint density at radius 2 is 1.70 bits per heavy atom. The van der Waals surface area contributed by atoms with E-state index in [1.807, 2.05) is 18.2 Å². The lowest BCUT2D eigenvalue weighted by Crippen LogP contribution is -2.26. The maximum atomic E-state index is 6.22. The summed E-state index contributed by atoms with van der Waals surface area (Å²) in [5, 5.41) is 8.56. The van der Waals surface area contributed by atoms with Gasteiger partial charge in [0, 0.05) is 16.9 Å². The molecule has 3 aromatic rings. The van der Waals surface area contributed by atoms with Crippen molar-refractivity contribution in [1.29, 1.82) is 0 Å². The first-order valence-electron chi connectivity index (χ1n) is 9.15. The second kappa shape index (κ2) is 7.46. The third kappa shape index (κ3) is 3.78. The number of aryl methyl sites for hydroxylation is 2. The molecule has 4 rings (SSSR count).